The van der Waals surface area contributed by atoms with E-state index in [2.05, 4.69) is 5.32 Å². The summed E-state index contributed by atoms with van der Waals surface area (Å²) in [5.41, 5.74) is -0.775. The standard InChI is InChI=1S/C21H20ClF3N2O2/c22-18-7-6-15(8-16(18)21(23,24)25)26-19(28)27-11-14-10-20(29,17(14)12-27)9-13-4-2-1-3-5-13/h1-8,14,17,29H,9-12H2,(H,26,28)/t14-,17+,20-/m1/s1. The molecule has 2 aliphatic rings. The molecule has 4 rings (SSSR count). The summed E-state index contributed by atoms with van der Waals surface area (Å²) >= 11 is 5.62. The highest BCUT2D eigenvalue weighted by molar-refractivity contribution is 6.31. The largest absolute Gasteiger partial charge is 0.417 e. The first kappa shape index (κ1) is 20.0. The van der Waals surface area contributed by atoms with Crippen LogP contribution in [0.25, 0.3) is 0 Å². The summed E-state index contributed by atoms with van der Waals surface area (Å²) in [5.74, 6) is 0.162. The van der Waals surface area contributed by atoms with Gasteiger partial charge in [0.05, 0.1) is 16.2 Å². The molecule has 2 aromatic rings. The lowest BCUT2D eigenvalue weighted by Gasteiger charge is -2.48. The Morgan fingerprint density at radius 1 is 1.21 bits per heavy atom. The molecule has 4 nitrogen and oxygen atoms in total. The SMILES string of the molecule is O=C(Nc1ccc(Cl)c(C(F)(F)F)c1)N1C[C@H]2C[C@](O)(Cc3ccccc3)[C@H]2C1. The van der Waals surface area contributed by atoms with Crippen molar-refractivity contribution < 1.29 is 23.1 Å². The van der Waals surface area contributed by atoms with E-state index in [9.17, 15) is 23.1 Å². The first-order valence-electron chi connectivity index (χ1n) is 9.35. The smallest absolute Gasteiger partial charge is 0.389 e. The zero-order valence-electron chi connectivity index (χ0n) is 15.4. The molecule has 154 valence electrons. The van der Waals surface area contributed by atoms with E-state index in [0.29, 0.717) is 25.9 Å². The lowest BCUT2D eigenvalue weighted by atomic mass is 9.61. The van der Waals surface area contributed by atoms with Gasteiger partial charge in [0.25, 0.3) is 0 Å². The van der Waals surface area contributed by atoms with Crippen LogP contribution in [-0.2, 0) is 12.6 Å². The number of anilines is 1. The fraction of sp³-hybridized carbons (Fsp3) is 0.381. The predicted molar refractivity (Wildman–Crippen MR) is 104 cm³/mol. The van der Waals surface area contributed by atoms with E-state index in [0.717, 1.165) is 17.7 Å². The molecular weight excluding hydrogens is 405 g/mol. The van der Waals surface area contributed by atoms with Crippen LogP contribution in [0.1, 0.15) is 17.5 Å². The minimum Gasteiger partial charge on any atom is -0.389 e. The number of halogens is 4. The maximum Gasteiger partial charge on any atom is 0.417 e. The highest BCUT2D eigenvalue weighted by atomic mass is 35.5. The van der Waals surface area contributed by atoms with Gasteiger partial charge in [-0.15, -0.1) is 0 Å². The number of benzene rings is 2. The van der Waals surface area contributed by atoms with Crippen molar-refractivity contribution in [1.82, 2.24) is 4.90 Å². The van der Waals surface area contributed by atoms with Crippen molar-refractivity contribution in [2.75, 3.05) is 18.4 Å². The number of hydrogen-bond donors (Lipinski definition) is 2. The lowest BCUT2D eigenvalue weighted by molar-refractivity contribution is -0.137. The molecule has 29 heavy (non-hydrogen) atoms. The number of carbonyl (C=O) groups is 1. The Balaban J connectivity index is 1.41. The summed E-state index contributed by atoms with van der Waals surface area (Å²) in [6, 6.07) is 12.5. The minimum absolute atomic E-state index is 0.0329. The molecule has 3 atom stereocenters. The number of amides is 2. The average Bonchev–Trinajstić information content (AvgIpc) is 3.02. The van der Waals surface area contributed by atoms with E-state index in [-0.39, 0.29) is 17.5 Å². The van der Waals surface area contributed by atoms with Gasteiger partial charge in [-0.3, -0.25) is 0 Å². The van der Waals surface area contributed by atoms with Gasteiger partial charge in [-0.05, 0) is 36.1 Å². The van der Waals surface area contributed by atoms with Gasteiger partial charge >= 0.3 is 12.2 Å². The number of rotatable bonds is 3. The molecule has 1 saturated heterocycles. The summed E-state index contributed by atoms with van der Waals surface area (Å²) in [5, 5.41) is 13.1. The lowest BCUT2D eigenvalue weighted by Crippen LogP contribution is -2.55. The third kappa shape index (κ3) is 3.94. The molecule has 2 fully saturated rings. The third-order valence-electron chi connectivity index (χ3n) is 5.91. The number of nitrogens with one attached hydrogen (secondary N) is 1. The normalized spacial score (nSPS) is 26.0. The second kappa shape index (κ2) is 7.22. The van der Waals surface area contributed by atoms with E-state index in [1.165, 1.54) is 6.07 Å². The number of aliphatic hydroxyl groups is 1. The number of alkyl halides is 3. The van der Waals surface area contributed by atoms with Crippen molar-refractivity contribution in [1.29, 1.82) is 0 Å². The van der Waals surface area contributed by atoms with Crippen LogP contribution in [0.3, 0.4) is 0 Å². The van der Waals surface area contributed by atoms with Crippen LogP contribution in [0.15, 0.2) is 48.5 Å². The zero-order chi connectivity index (χ0) is 20.8. The van der Waals surface area contributed by atoms with Crippen molar-refractivity contribution in [3.05, 3.63) is 64.7 Å². The maximum absolute atomic E-state index is 13.0. The van der Waals surface area contributed by atoms with Crippen molar-refractivity contribution in [2.24, 2.45) is 11.8 Å². The van der Waals surface area contributed by atoms with Gasteiger partial charge in [0.15, 0.2) is 0 Å². The molecule has 2 N–H and O–H groups in total. The molecule has 0 radical (unpaired) electrons. The van der Waals surface area contributed by atoms with Crippen LogP contribution in [0.4, 0.5) is 23.7 Å². The topological polar surface area (TPSA) is 52.6 Å². The average molecular weight is 425 g/mol. The summed E-state index contributed by atoms with van der Waals surface area (Å²) in [6.07, 6.45) is -3.47. The van der Waals surface area contributed by atoms with Gasteiger partial charge < -0.3 is 15.3 Å². The van der Waals surface area contributed by atoms with Crippen molar-refractivity contribution in [2.45, 2.75) is 24.6 Å². The molecule has 0 aromatic heterocycles. The Labute approximate surface area is 171 Å². The van der Waals surface area contributed by atoms with E-state index in [1.807, 2.05) is 30.3 Å². The van der Waals surface area contributed by atoms with Crippen LogP contribution in [-0.4, -0.2) is 34.7 Å². The van der Waals surface area contributed by atoms with E-state index in [4.69, 9.17) is 11.6 Å². The fourth-order valence-corrected chi connectivity index (χ4v) is 4.70. The predicted octanol–water partition coefficient (Wildman–Crippen LogP) is 4.82. The molecule has 0 spiro atoms. The van der Waals surface area contributed by atoms with Crippen molar-refractivity contribution in [3.8, 4) is 0 Å². The summed E-state index contributed by atoms with van der Waals surface area (Å²) < 4.78 is 39.0. The monoisotopic (exact) mass is 424 g/mol. The molecule has 2 amide bonds. The highest BCUT2D eigenvalue weighted by Gasteiger charge is 2.57. The number of likely N-dealkylation sites (tertiary alicyclic amines) is 1. The number of fused-ring (bicyclic) bond motifs is 1. The summed E-state index contributed by atoms with van der Waals surface area (Å²) in [6.45, 7) is 0.854. The van der Waals surface area contributed by atoms with Crippen molar-refractivity contribution >= 4 is 23.3 Å². The minimum atomic E-state index is -4.60. The Kier molecular flexibility index (Phi) is 4.99. The number of carbonyl (C=O) groups excluding carboxylic acids is 1. The van der Waals surface area contributed by atoms with Crippen LogP contribution in [0, 0.1) is 11.8 Å². The number of urea groups is 1. The Morgan fingerprint density at radius 3 is 2.62 bits per heavy atom. The molecule has 1 saturated carbocycles. The molecule has 0 bridgehead atoms. The van der Waals surface area contributed by atoms with E-state index >= 15 is 0 Å². The van der Waals surface area contributed by atoms with Gasteiger partial charge in [-0.25, -0.2) is 4.79 Å². The van der Waals surface area contributed by atoms with Gasteiger partial charge in [0.1, 0.15) is 0 Å². The molecular formula is C21H20ClF3N2O2. The second-order valence-electron chi connectivity index (χ2n) is 7.86. The van der Waals surface area contributed by atoms with Gasteiger partial charge in [-0.1, -0.05) is 41.9 Å². The van der Waals surface area contributed by atoms with Gasteiger partial charge in [0, 0.05) is 31.1 Å². The highest BCUT2D eigenvalue weighted by Crippen LogP contribution is 2.50. The van der Waals surface area contributed by atoms with E-state index in [1.54, 1.807) is 4.90 Å². The number of hydrogen-bond acceptors (Lipinski definition) is 2. The van der Waals surface area contributed by atoms with Crippen LogP contribution in [0.5, 0.6) is 0 Å². The second-order valence-corrected chi connectivity index (χ2v) is 8.27. The Morgan fingerprint density at radius 2 is 1.93 bits per heavy atom. The van der Waals surface area contributed by atoms with Crippen LogP contribution in [0.2, 0.25) is 5.02 Å². The first-order chi connectivity index (χ1) is 13.7. The Bertz CT molecular complexity index is 922. The van der Waals surface area contributed by atoms with Crippen molar-refractivity contribution in [3.63, 3.8) is 0 Å². The van der Waals surface area contributed by atoms with Crippen LogP contribution >= 0.6 is 11.6 Å². The fourth-order valence-electron chi connectivity index (χ4n) is 4.47. The summed E-state index contributed by atoms with van der Waals surface area (Å²) in [4.78, 5) is 14.1. The quantitative estimate of drug-likeness (QED) is 0.742. The molecule has 1 heterocycles. The molecule has 2 aromatic carbocycles. The number of nitrogens with zero attached hydrogens (tertiary/aromatic N) is 1. The third-order valence-corrected chi connectivity index (χ3v) is 6.24. The molecule has 1 aliphatic heterocycles. The first-order valence-corrected chi connectivity index (χ1v) is 9.72. The van der Waals surface area contributed by atoms with E-state index < -0.39 is 28.4 Å². The summed E-state index contributed by atoms with van der Waals surface area (Å²) in [7, 11) is 0. The Hall–Kier alpha value is -2.25. The molecule has 1 aliphatic carbocycles. The zero-order valence-corrected chi connectivity index (χ0v) is 16.2. The van der Waals surface area contributed by atoms with Gasteiger partial charge in [-0.2, -0.15) is 13.2 Å². The maximum atomic E-state index is 13.0. The molecule has 0 unspecified atom stereocenters. The molecule has 8 heteroatoms. The van der Waals surface area contributed by atoms with Gasteiger partial charge in [0.2, 0.25) is 0 Å². The van der Waals surface area contributed by atoms with Crippen LogP contribution < -0.4 is 5.32 Å².